The van der Waals surface area contributed by atoms with Crippen LogP contribution < -0.4 is 0 Å². The average Bonchev–Trinajstić information content (AvgIpc) is 0.811. The highest BCUT2D eigenvalue weighted by Crippen LogP contribution is 2.26. The third-order valence-corrected chi connectivity index (χ3v) is 11.2. The molecule has 0 saturated carbocycles. The largest absolute Gasteiger partial charge is 0.469 e. The van der Waals surface area contributed by atoms with Gasteiger partial charge in [0.25, 0.3) is 11.6 Å². The number of carbonyl (C=O) groups is 14. The summed E-state index contributed by atoms with van der Waals surface area (Å²) >= 11 is 0. The first-order valence-corrected chi connectivity index (χ1v) is 29.4. The summed E-state index contributed by atoms with van der Waals surface area (Å²) in [6, 6.07) is 3.57. The molecule has 2 aliphatic rings. The minimum atomic E-state index is -1.18. The number of carbonyl (C=O) groups excluding carboxylic acids is 14. The van der Waals surface area contributed by atoms with E-state index in [4.69, 9.17) is 29.5 Å². The number of ether oxygens (including phenoxy) is 14. The van der Waals surface area contributed by atoms with Gasteiger partial charge in [-0.1, -0.05) is 16.7 Å². The SMILES string of the molecule is CC(=C1C(=O)OC(C)(C)OC1=O)N(C)C.CC(C)=C1C(=O)OC(C)(C)OC1=O.COC(=O)/C(C#N)=C(C)\C=C\N(C)C.COC(=O)C(=CN(C)C)C(=O)OC.COC(=O)C(C#N)=C(C)C.COC(=O)C(C(=O)OC)=C(C)/C=C/N(C)C.COC(=O)C(C(=O)OC)=C(C)C.COC(=O)CC(=O)OC. The topological polar surface area (TPSA) is 429 Å². The van der Waals surface area contributed by atoms with Gasteiger partial charge in [0.15, 0.2) is 11.1 Å². The van der Waals surface area contributed by atoms with Crippen LogP contribution in [0, 0.1) is 22.7 Å². The number of methoxy groups -OCH3 is 10. The van der Waals surface area contributed by atoms with Crippen molar-refractivity contribution in [2.24, 2.45) is 0 Å². The molecule has 0 atom stereocenters. The summed E-state index contributed by atoms with van der Waals surface area (Å²) in [7, 11) is 26.4. The molecule has 34 heteroatoms. The van der Waals surface area contributed by atoms with E-state index in [1.54, 1.807) is 136 Å². The zero-order valence-corrected chi connectivity index (χ0v) is 64.2. The van der Waals surface area contributed by atoms with Gasteiger partial charge in [-0.05, 0) is 98.0 Å². The first-order chi connectivity index (χ1) is 46.9. The third-order valence-electron chi connectivity index (χ3n) is 11.2. The molecule has 0 aromatic heterocycles. The van der Waals surface area contributed by atoms with Crippen LogP contribution >= 0.6 is 0 Å². The van der Waals surface area contributed by atoms with Gasteiger partial charge in [-0.15, -0.1) is 0 Å². The van der Waals surface area contributed by atoms with Gasteiger partial charge in [-0.2, -0.15) is 10.5 Å². The Morgan fingerprint density at radius 3 is 0.922 bits per heavy atom. The van der Waals surface area contributed by atoms with Crippen molar-refractivity contribution in [2.45, 2.75) is 108 Å². The molecule has 2 rings (SSSR count). The molecule has 102 heavy (non-hydrogen) atoms. The summed E-state index contributed by atoms with van der Waals surface area (Å²) in [4.78, 5) is 162. The standard InChI is InChI=1S/C11H17NO4.C10H14N2O2.C10H15NO4.C9H12O4.C8H13NO4.C8H12O4.C7H9NO2.C5H8O4/c1-8(6-7-12(2)3)9(10(13)15-4)11(14)16-5;1-8(5-6-12(2)3)9(7-11)10(13)14-4;1-6(11(4)5)7-8(12)14-10(2,3)15-9(7)13;1-5(2)6-7(10)12-9(3,4)13-8(6)11;1-9(2)5-6(7(10)12-3)8(11)13-4;1-5(2)6(7(9)11-3)8(10)12-4;1-5(2)6(4-8)7(9)10-3;1-8-4(6)3-5(7)9-2/h6-7H,1-5H3;5-6H,1-4H3;1-5H3;1-4H3;5H,1-4H3;1-4H3;1-3H3;3H2,1-2H3/b7-6+;6-5+,9-8-;;;;;;. The van der Waals surface area contributed by atoms with Crippen LogP contribution in [0.3, 0.4) is 0 Å². The third kappa shape index (κ3) is 42.3. The van der Waals surface area contributed by atoms with Crippen molar-refractivity contribution in [3.05, 3.63) is 103 Å². The second-order valence-corrected chi connectivity index (χ2v) is 22.0. The minimum Gasteiger partial charge on any atom is -0.469 e. The Morgan fingerprint density at radius 1 is 0.392 bits per heavy atom. The highest BCUT2D eigenvalue weighted by atomic mass is 16.8. The van der Waals surface area contributed by atoms with E-state index in [1.807, 2.05) is 39.2 Å². The van der Waals surface area contributed by atoms with E-state index < -0.39 is 95.1 Å². The number of cyclic esters (lactones) is 4. The monoisotopic (exact) mass is 1450 g/mol. The summed E-state index contributed by atoms with van der Waals surface area (Å²) < 4.78 is 63.5. The highest BCUT2D eigenvalue weighted by Gasteiger charge is 2.41. The van der Waals surface area contributed by atoms with Gasteiger partial charge in [0, 0.05) is 96.0 Å². The number of nitrogens with zero attached hydrogens (tertiary/aromatic N) is 6. The highest BCUT2D eigenvalue weighted by molar-refractivity contribution is 6.17. The van der Waals surface area contributed by atoms with Crippen LogP contribution in [-0.2, 0) is 133 Å². The van der Waals surface area contributed by atoms with Gasteiger partial charge in [0.2, 0.25) is 0 Å². The molecule has 2 fully saturated rings. The second kappa shape index (κ2) is 52.5. The first-order valence-electron chi connectivity index (χ1n) is 29.4. The van der Waals surface area contributed by atoms with E-state index in [9.17, 15) is 67.1 Å². The number of allylic oxidation sites excluding steroid dienone is 8. The Hall–Kier alpha value is -11.6. The van der Waals surface area contributed by atoms with Crippen molar-refractivity contribution in [3.63, 3.8) is 0 Å². The molecule has 0 aliphatic carbocycles. The molecule has 0 N–H and O–H groups in total. The number of hydrogen-bond acceptors (Lipinski definition) is 34. The van der Waals surface area contributed by atoms with Crippen LogP contribution in [0.5, 0.6) is 0 Å². The molecular formula is C68H100N6O28. The van der Waals surface area contributed by atoms with E-state index in [0.29, 0.717) is 33.6 Å². The van der Waals surface area contributed by atoms with Crippen LogP contribution in [0.1, 0.15) is 96.4 Å². The van der Waals surface area contributed by atoms with Crippen molar-refractivity contribution in [1.82, 2.24) is 19.6 Å². The maximum atomic E-state index is 11.6. The molecule has 2 aliphatic heterocycles. The van der Waals surface area contributed by atoms with Crippen molar-refractivity contribution in [3.8, 4) is 12.1 Å². The van der Waals surface area contributed by atoms with Gasteiger partial charge in [0.05, 0.1) is 71.1 Å². The van der Waals surface area contributed by atoms with Crippen molar-refractivity contribution in [2.75, 3.05) is 127 Å². The smallest absolute Gasteiger partial charge is 0.350 e. The maximum absolute atomic E-state index is 11.6. The van der Waals surface area contributed by atoms with Crippen molar-refractivity contribution in [1.29, 1.82) is 10.5 Å². The van der Waals surface area contributed by atoms with Crippen LogP contribution in [0.15, 0.2) is 103 Å². The number of rotatable bonds is 16. The van der Waals surface area contributed by atoms with Gasteiger partial charge in [-0.25, -0.2) is 57.5 Å². The van der Waals surface area contributed by atoms with E-state index in [-0.39, 0.29) is 45.4 Å². The molecule has 0 spiro atoms. The fraction of sp³-hybridized carbons (Fsp3) is 0.500. The van der Waals surface area contributed by atoms with Crippen LogP contribution in [0.2, 0.25) is 0 Å². The number of esters is 14. The molecule has 0 aromatic rings. The molecule has 2 saturated heterocycles. The predicted molar refractivity (Wildman–Crippen MR) is 363 cm³/mol. The molecule has 0 unspecified atom stereocenters. The normalized spacial score (nSPS) is 12.3. The number of hydrogen-bond donors (Lipinski definition) is 0. The lowest BCUT2D eigenvalue weighted by molar-refractivity contribution is -0.224. The lowest BCUT2D eigenvalue weighted by Crippen LogP contribution is -2.43. The van der Waals surface area contributed by atoms with Gasteiger partial charge in [-0.3, -0.25) is 9.59 Å². The summed E-state index contributed by atoms with van der Waals surface area (Å²) in [6.45, 7) is 21.1. The summed E-state index contributed by atoms with van der Waals surface area (Å²) in [5.41, 5.74) is 3.28. The molecule has 0 amide bonds. The van der Waals surface area contributed by atoms with E-state index in [0.717, 1.165) is 0 Å². The molecule has 2 heterocycles. The van der Waals surface area contributed by atoms with Crippen LogP contribution in [0.4, 0.5) is 0 Å². The Morgan fingerprint density at radius 2 is 0.686 bits per heavy atom. The van der Waals surface area contributed by atoms with Gasteiger partial charge in [0.1, 0.15) is 46.4 Å². The lowest BCUT2D eigenvalue weighted by atomic mass is 10.1. The lowest BCUT2D eigenvalue weighted by Gasteiger charge is -2.31. The Kier molecular flexibility index (Phi) is 52.2. The molecular weight excluding hydrogens is 1350 g/mol. The van der Waals surface area contributed by atoms with Crippen LogP contribution in [-0.4, -0.2) is 242 Å². The van der Waals surface area contributed by atoms with Crippen molar-refractivity contribution < 1.29 is 133 Å². The zero-order valence-electron chi connectivity index (χ0n) is 64.2. The summed E-state index contributed by atoms with van der Waals surface area (Å²) in [6.07, 6.45) is 7.85. The minimum absolute atomic E-state index is 0.000625. The predicted octanol–water partition coefficient (Wildman–Crippen LogP) is 4.80. The zero-order chi connectivity index (χ0) is 81.5. The number of nitriles is 2. The van der Waals surface area contributed by atoms with E-state index in [2.05, 4.69) is 47.4 Å². The quantitative estimate of drug-likeness (QED) is 0.0380. The first kappa shape index (κ1) is 101. The molecule has 34 nitrogen and oxygen atoms in total. The summed E-state index contributed by atoms with van der Waals surface area (Å²) in [5, 5.41) is 17.1. The molecule has 0 bridgehead atoms. The second-order valence-electron chi connectivity index (χ2n) is 22.0. The Bertz CT molecular complexity index is 3240. The Labute approximate surface area is 596 Å². The maximum Gasteiger partial charge on any atom is 0.350 e. The van der Waals surface area contributed by atoms with Crippen molar-refractivity contribution >= 4 is 83.6 Å². The Balaban J connectivity index is -0.000000260. The fourth-order valence-electron chi connectivity index (χ4n) is 6.02. The summed E-state index contributed by atoms with van der Waals surface area (Å²) in [5.74, 6) is -11.3. The average molecular weight is 1450 g/mol. The van der Waals surface area contributed by atoms with Gasteiger partial charge < -0.3 is 85.9 Å². The van der Waals surface area contributed by atoms with Gasteiger partial charge >= 0.3 is 83.6 Å². The van der Waals surface area contributed by atoms with Crippen LogP contribution in [0.25, 0.3) is 0 Å². The fourth-order valence-corrected chi connectivity index (χ4v) is 6.02. The molecule has 570 valence electrons. The van der Waals surface area contributed by atoms with E-state index >= 15 is 0 Å². The molecule has 0 radical (unpaired) electrons. The molecule has 0 aromatic carbocycles. The van der Waals surface area contributed by atoms with E-state index in [1.165, 1.54) is 105 Å².